The predicted octanol–water partition coefficient (Wildman–Crippen LogP) is 5.38. The molecule has 1 unspecified atom stereocenters. The van der Waals surface area contributed by atoms with Crippen molar-refractivity contribution < 1.29 is 22.7 Å². The van der Waals surface area contributed by atoms with Crippen molar-refractivity contribution in [3.05, 3.63) is 124 Å². The second-order valence-electron chi connectivity index (χ2n) is 7.95. The molecule has 34 heavy (non-hydrogen) atoms. The average Bonchev–Trinajstić information content (AvgIpc) is 3.11. The fourth-order valence-corrected chi connectivity index (χ4v) is 4.22. The van der Waals surface area contributed by atoms with Crippen LogP contribution in [0.4, 0.5) is 8.78 Å². The molecule has 1 amide bonds. The van der Waals surface area contributed by atoms with Gasteiger partial charge in [-0.15, -0.1) is 0 Å². The SMILES string of the molecule is C=CCOc1cccc(C2c3c(oc4ccc(F)cc4c3=O)C(=O)N2Cc2ccc(F)cc2)c1. The van der Waals surface area contributed by atoms with Crippen molar-refractivity contribution in [2.75, 3.05) is 6.61 Å². The van der Waals surface area contributed by atoms with Crippen molar-refractivity contribution in [3.63, 3.8) is 0 Å². The molecule has 0 bridgehead atoms. The van der Waals surface area contributed by atoms with Crippen molar-refractivity contribution in [2.24, 2.45) is 0 Å². The van der Waals surface area contributed by atoms with Crippen molar-refractivity contribution in [1.29, 1.82) is 0 Å². The lowest BCUT2D eigenvalue weighted by Crippen LogP contribution is -2.29. The van der Waals surface area contributed by atoms with Crippen LogP contribution >= 0.6 is 0 Å². The van der Waals surface area contributed by atoms with Crippen LogP contribution < -0.4 is 10.2 Å². The first-order chi connectivity index (χ1) is 16.5. The fourth-order valence-electron chi connectivity index (χ4n) is 4.22. The zero-order chi connectivity index (χ0) is 23.8. The van der Waals surface area contributed by atoms with E-state index in [-0.39, 0.29) is 35.4 Å². The molecule has 4 aromatic rings. The second-order valence-corrected chi connectivity index (χ2v) is 7.95. The van der Waals surface area contributed by atoms with E-state index in [2.05, 4.69) is 6.58 Å². The maximum absolute atomic E-state index is 13.9. The number of hydrogen-bond donors (Lipinski definition) is 0. The molecule has 0 saturated heterocycles. The molecule has 5 nitrogen and oxygen atoms in total. The van der Waals surface area contributed by atoms with Crippen molar-refractivity contribution in [1.82, 2.24) is 4.90 Å². The van der Waals surface area contributed by atoms with E-state index in [9.17, 15) is 18.4 Å². The van der Waals surface area contributed by atoms with Crippen LogP contribution in [-0.4, -0.2) is 17.4 Å². The van der Waals surface area contributed by atoms with Gasteiger partial charge >= 0.3 is 0 Å². The first-order valence-corrected chi connectivity index (χ1v) is 10.6. The van der Waals surface area contributed by atoms with Gasteiger partial charge in [0, 0.05) is 6.54 Å². The number of rotatable bonds is 6. The number of amides is 1. The molecule has 0 aliphatic carbocycles. The van der Waals surface area contributed by atoms with E-state index in [1.165, 1.54) is 29.2 Å². The van der Waals surface area contributed by atoms with Crippen LogP contribution in [0.2, 0.25) is 0 Å². The van der Waals surface area contributed by atoms with Crippen LogP contribution in [0.15, 0.2) is 88.6 Å². The largest absolute Gasteiger partial charge is 0.490 e. The minimum absolute atomic E-state index is 0.0549. The third-order valence-corrected chi connectivity index (χ3v) is 5.74. The molecule has 0 spiro atoms. The summed E-state index contributed by atoms with van der Waals surface area (Å²) in [6.07, 6.45) is 1.61. The van der Waals surface area contributed by atoms with Crippen LogP contribution in [0.5, 0.6) is 5.75 Å². The number of benzene rings is 3. The van der Waals surface area contributed by atoms with Crippen LogP contribution in [0, 0.1) is 11.6 Å². The standard InChI is InChI=1S/C27H19F2NO4/c1-2-12-33-20-5-3-4-17(13-20)24-23-25(31)21-14-19(29)10-11-22(21)34-26(23)27(32)30(24)15-16-6-8-18(28)9-7-16/h2-11,13-14,24H,1,12,15H2. The Bertz CT molecular complexity index is 1480. The van der Waals surface area contributed by atoms with Crippen LogP contribution in [-0.2, 0) is 6.54 Å². The molecule has 2 heterocycles. The summed E-state index contributed by atoms with van der Waals surface area (Å²) in [5.74, 6) is -1.01. The summed E-state index contributed by atoms with van der Waals surface area (Å²) in [5.41, 5.74) is 1.08. The van der Waals surface area contributed by atoms with Gasteiger partial charge in [0.1, 0.15) is 29.6 Å². The van der Waals surface area contributed by atoms with Gasteiger partial charge in [-0.05, 0) is 53.6 Å². The van der Waals surface area contributed by atoms with E-state index >= 15 is 0 Å². The molecule has 0 radical (unpaired) electrons. The summed E-state index contributed by atoms with van der Waals surface area (Å²) in [4.78, 5) is 28.5. The highest BCUT2D eigenvalue weighted by Gasteiger charge is 2.42. The first-order valence-electron chi connectivity index (χ1n) is 10.6. The van der Waals surface area contributed by atoms with E-state index in [0.29, 0.717) is 16.9 Å². The van der Waals surface area contributed by atoms with Gasteiger partial charge in [0.2, 0.25) is 5.76 Å². The Labute approximate surface area is 193 Å². The van der Waals surface area contributed by atoms with Gasteiger partial charge in [0.15, 0.2) is 5.43 Å². The predicted molar refractivity (Wildman–Crippen MR) is 123 cm³/mol. The molecule has 0 fully saturated rings. The van der Waals surface area contributed by atoms with Gasteiger partial charge in [-0.2, -0.15) is 0 Å². The molecule has 1 aromatic heterocycles. The molecule has 1 atom stereocenters. The smallest absolute Gasteiger partial charge is 0.291 e. The summed E-state index contributed by atoms with van der Waals surface area (Å²) in [7, 11) is 0. The van der Waals surface area contributed by atoms with Crippen molar-refractivity contribution >= 4 is 16.9 Å². The second kappa shape index (κ2) is 8.59. The topological polar surface area (TPSA) is 59.8 Å². The fraction of sp³-hybridized carbons (Fsp3) is 0.111. The molecule has 1 aliphatic rings. The van der Waals surface area contributed by atoms with Crippen LogP contribution in [0.3, 0.4) is 0 Å². The monoisotopic (exact) mass is 459 g/mol. The average molecular weight is 459 g/mol. The Morgan fingerprint density at radius 1 is 1.00 bits per heavy atom. The normalized spacial score (nSPS) is 14.9. The highest BCUT2D eigenvalue weighted by molar-refractivity contribution is 5.99. The summed E-state index contributed by atoms with van der Waals surface area (Å²) in [6.45, 7) is 4.03. The van der Waals surface area contributed by atoms with Crippen molar-refractivity contribution in [3.8, 4) is 5.75 Å². The van der Waals surface area contributed by atoms with E-state index in [1.807, 2.05) is 0 Å². The zero-order valence-corrected chi connectivity index (χ0v) is 18.0. The van der Waals surface area contributed by atoms with Gasteiger partial charge in [-0.25, -0.2) is 8.78 Å². The Morgan fingerprint density at radius 2 is 1.76 bits per heavy atom. The Morgan fingerprint density at radius 3 is 2.53 bits per heavy atom. The van der Waals surface area contributed by atoms with E-state index < -0.39 is 29.0 Å². The van der Waals surface area contributed by atoms with E-state index in [0.717, 1.165) is 6.07 Å². The zero-order valence-electron chi connectivity index (χ0n) is 18.0. The molecule has 170 valence electrons. The third-order valence-electron chi connectivity index (χ3n) is 5.74. The molecule has 3 aromatic carbocycles. The maximum atomic E-state index is 13.9. The van der Waals surface area contributed by atoms with E-state index in [1.54, 1.807) is 42.5 Å². The lowest BCUT2D eigenvalue weighted by Gasteiger charge is -2.25. The Balaban J connectivity index is 1.69. The van der Waals surface area contributed by atoms with Crippen molar-refractivity contribution in [2.45, 2.75) is 12.6 Å². The quantitative estimate of drug-likeness (QED) is 0.363. The number of hydrogen-bond acceptors (Lipinski definition) is 4. The highest BCUT2D eigenvalue weighted by Crippen LogP contribution is 2.40. The Hall–Kier alpha value is -4.26. The van der Waals surface area contributed by atoms with Gasteiger partial charge < -0.3 is 14.1 Å². The Kier molecular flexibility index (Phi) is 5.45. The molecular formula is C27H19F2NO4. The van der Waals surface area contributed by atoms with Gasteiger partial charge in [-0.3, -0.25) is 9.59 Å². The number of fused-ring (bicyclic) bond motifs is 2. The van der Waals surface area contributed by atoms with E-state index in [4.69, 9.17) is 9.15 Å². The highest BCUT2D eigenvalue weighted by atomic mass is 19.1. The number of carbonyl (C=O) groups is 1. The number of carbonyl (C=O) groups excluding carboxylic acids is 1. The van der Waals surface area contributed by atoms with Crippen LogP contribution in [0.1, 0.15) is 33.3 Å². The summed E-state index contributed by atoms with van der Waals surface area (Å²) in [5, 5.41) is 0.0549. The minimum Gasteiger partial charge on any atom is -0.490 e. The third kappa shape index (κ3) is 3.75. The lowest BCUT2D eigenvalue weighted by molar-refractivity contribution is 0.0714. The number of halogens is 2. The first kappa shape index (κ1) is 21.6. The minimum atomic E-state index is -0.802. The van der Waals surface area contributed by atoms with Gasteiger partial charge in [0.05, 0.1) is 17.0 Å². The summed E-state index contributed by atoms with van der Waals surface area (Å²) < 4.78 is 38.8. The molecule has 7 heteroatoms. The molecular weight excluding hydrogens is 440 g/mol. The molecule has 0 saturated carbocycles. The molecule has 1 aliphatic heterocycles. The van der Waals surface area contributed by atoms with Crippen LogP contribution in [0.25, 0.3) is 11.0 Å². The summed E-state index contributed by atoms with van der Waals surface area (Å²) >= 11 is 0. The maximum Gasteiger partial charge on any atom is 0.291 e. The summed E-state index contributed by atoms with van der Waals surface area (Å²) in [6, 6.07) is 15.6. The lowest BCUT2D eigenvalue weighted by atomic mass is 9.98. The van der Waals surface area contributed by atoms with Gasteiger partial charge in [0.25, 0.3) is 5.91 Å². The number of ether oxygens (including phenoxy) is 1. The molecule has 5 rings (SSSR count). The van der Waals surface area contributed by atoms with Gasteiger partial charge in [-0.1, -0.05) is 36.9 Å². The molecule has 0 N–H and O–H groups in total. The number of nitrogens with zero attached hydrogens (tertiary/aromatic N) is 1.